The van der Waals surface area contributed by atoms with Crippen LogP contribution in [-0.2, 0) is 11.2 Å². The molecule has 0 aliphatic rings. The molecule has 0 aliphatic heterocycles. The van der Waals surface area contributed by atoms with Gasteiger partial charge in [-0.15, -0.1) is 0 Å². The molecule has 2 heterocycles. The number of aromatic nitrogens is 2. The Hall–Kier alpha value is -4.23. The Kier molecular flexibility index (Phi) is 6.85. The van der Waals surface area contributed by atoms with Crippen molar-refractivity contribution in [2.45, 2.75) is 12.3 Å². The van der Waals surface area contributed by atoms with Gasteiger partial charge in [0.1, 0.15) is 0 Å². The molecule has 1 unspecified atom stereocenters. The second-order valence-corrected chi connectivity index (χ2v) is 8.02. The highest BCUT2D eigenvalue weighted by Crippen LogP contribution is 2.35. The van der Waals surface area contributed by atoms with Gasteiger partial charge in [0.05, 0.1) is 22.2 Å². The molecule has 0 spiro atoms. The Morgan fingerprint density at radius 3 is 2.44 bits per heavy atom. The fourth-order valence-electron chi connectivity index (χ4n) is 3.69. The number of carbonyl (C=O) groups is 2. The van der Waals surface area contributed by atoms with E-state index in [0.29, 0.717) is 34.0 Å². The van der Waals surface area contributed by atoms with Gasteiger partial charge in [-0.2, -0.15) is 0 Å². The lowest BCUT2D eigenvalue weighted by Gasteiger charge is -2.20. The highest BCUT2D eigenvalue weighted by Gasteiger charge is 2.27. The number of benzene rings is 2. The van der Waals surface area contributed by atoms with Crippen molar-refractivity contribution in [1.82, 2.24) is 9.97 Å². The minimum atomic E-state index is -1.05. The average molecular weight is 474 g/mol. The van der Waals surface area contributed by atoms with E-state index in [1.54, 1.807) is 12.1 Å². The van der Waals surface area contributed by atoms with E-state index >= 15 is 0 Å². The lowest BCUT2D eigenvalue weighted by atomic mass is 9.89. The number of nitrogens with one attached hydrogen (secondary N) is 2. The van der Waals surface area contributed by atoms with E-state index in [2.05, 4.69) is 15.3 Å². The van der Waals surface area contributed by atoms with E-state index in [1.165, 1.54) is 42.7 Å². The third-order valence-electron chi connectivity index (χ3n) is 5.32. The topological polar surface area (TPSA) is 112 Å². The molecule has 0 aliphatic carbocycles. The van der Waals surface area contributed by atoms with Gasteiger partial charge in [-0.05, 0) is 53.9 Å². The number of anilines is 1. The van der Waals surface area contributed by atoms with E-state index in [-0.39, 0.29) is 17.0 Å². The molecular weight excluding hydrogens is 454 g/mol. The summed E-state index contributed by atoms with van der Waals surface area (Å²) >= 11 is 6.54. The third-order valence-corrected chi connectivity index (χ3v) is 5.64. The first kappa shape index (κ1) is 22.9. The van der Waals surface area contributed by atoms with Crippen LogP contribution in [0.2, 0.25) is 5.02 Å². The maximum absolute atomic E-state index is 13.5. The van der Waals surface area contributed by atoms with Crippen molar-refractivity contribution in [3.05, 3.63) is 117 Å². The molecule has 0 fully saturated rings. The zero-order valence-electron chi connectivity index (χ0n) is 17.9. The summed E-state index contributed by atoms with van der Waals surface area (Å²) in [7, 11) is 0. The molecule has 170 valence electrons. The number of halogens is 1. The maximum Gasteiger partial charge on any atom is 0.335 e. The molecule has 0 radical (unpaired) electrons. The fourth-order valence-corrected chi connectivity index (χ4v) is 3.95. The van der Waals surface area contributed by atoms with E-state index in [4.69, 9.17) is 16.7 Å². The number of carboxylic acid groups (broad SMARTS) is 1. The van der Waals surface area contributed by atoms with Crippen LogP contribution in [0, 0.1) is 0 Å². The van der Waals surface area contributed by atoms with Crippen molar-refractivity contribution in [3.63, 3.8) is 0 Å². The summed E-state index contributed by atoms with van der Waals surface area (Å²) in [6, 6.07) is 20.1. The molecule has 34 heavy (non-hydrogen) atoms. The van der Waals surface area contributed by atoms with Crippen LogP contribution in [0.15, 0.2) is 90.0 Å². The number of nitrogens with zero attached hydrogens (tertiary/aromatic N) is 1. The lowest BCUT2D eigenvalue weighted by molar-refractivity contribution is -0.117. The number of rotatable bonds is 7. The van der Waals surface area contributed by atoms with Crippen LogP contribution in [0.4, 0.5) is 5.69 Å². The Balaban J connectivity index is 1.76. The van der Waals surface area contributed by atoms with Gasteiger partial charge in [0.2, 0.25) is 11.5 Å². The smallest absolute Gasteiger partial charge is 0.335 e. The number of carboxylic acids is 1. The van der Waals surface area contributed by atoms with Crippen molar-refractivity contribution in [2.75, 3.05) is 5.32 Å². The van der Waals surface area contributed by atoms with Gasteiger partial charge < -0.3 is 15.4 Å². The molecule has 4 rings (SSSR count). The van der Waals surface area contributed by atoms with Gasteiger partial charge in [0.25, 0.3) is 0 Å². The summed E-state index contributed by atoms with van der Waals surface area (Å²) in [6.07, 6.45) is 3.38. The highest BCUT2D eigenvalue weighted by molar-refractivity contribution is 6.33. The molecule has 0 saturated heterocycles. The second-order valence-electron chi connectivity index (χ2n) is 7.61. The van der Waals surface area contributed by atoms with Crippen molar-refractivity contribution >= 4 is 29.2 Å². The normalized spacial score (nSPS) is 11.6. The van der Waals surface area contributed by atoms with Gasteiger partial charge in [0.15, 0.2) is 0 Å². The number of aromatic amines is 1. The minimum Gasteiger partial charge on any atom is -0.478 e. The summed E-state index contributed by atoms with van der Waals surface area (Å²) in [6.45, 7) is 0. The quantitative estimate of drug-likeness (QED) is 0.358. The van der Waals surface area contributed by atoms with Gasteiger partial charge in [-0.25, -0.2) is 4.79 Å². The zero-order valence-corrected chi connectivity index (χ0v) is 18.6. The number of carbonyl (C=O) groups excluding carboxylic acids is 1. The highest BCUT2D eigenvalue weighted by atomic mass is 35.5. The second kappa shape index (κ2) is 10.1. The van der Waals surface area contributed by atoms with Crippen LogP contribution in [-0.4, -0.2) is 27.0 Å². The molecule has 0 saturated carbocycles. The van der Waals surface area contributed by atoms with Crippen LogP contribution in [0.25, 0.3) is 11.1 Å². The fraction of sp³-hybridized carbons (Fsp3) is 0.0769. The molecule has 1 atom stereocenters. The minimum absolute atomic E-state index is 0.118. The summed E-state index contributed by atoms with van der Waals surface area (Å²) in [5.74, 6) is -2.13. The monoisotopic (exact) mass is 473 g/mol. The van der Waals surface area contributed by atoms with Crippen molar-refractivity contribution in [3.8, 4) is 11.1 Å². The average Bonchev–Trinajstić information content (AvgIpc) is 2.83. The standard InChI is InChI=1S/C26H20ClN3O4/c27-21-11-13-29-24(23(21)18-10-12-28-22(31)15-18)20(14-16-4-2-1-3-5-16)25(32)30-19-8-6-17(7-9-19)26(33)34/h1-13,15,20H,14H2,(H,28,31)(H,30,32)(H,33,34). The summed E-state index contributed by atoms with van der Waals surface area (Å²) in [4.78, 5) is 43.7. The predicted molar refractivity (Wildman–Crippen MR) is 130 cm³/mol. The maximum atomic E-state index is 13.5. The van der Waals surface area contributed by atoms with Gasteiger partial charge >= 0.3 is 5.97 Å². The van der Waals surface area contributed by atoms with E-state index < -0.39 is 11.9 Å². The largest absolute Gasteiger partial charge is 0.478 e. The summed E-state index contributed by atoms with van der Waals surface area (Å²) in [5.41, 5.74) is 2.68. The van der Waals surface area contributed by atoms with Crippen molar-refractivity contribution < 1.29 is 14.7 Å². The first-order chi connectivity index (χ1) is 16.4. The summed E-state index contributed by atoms with van der Waals surface area (Å²) < 4.78 is 0. The van der Waals surface area contributed by atoms with Gasteiger partial charge in [0, 0.05) is 29.7 Å². The van der Waals surface area contributed by atoms with Crippen LogP contribution >= 0.6 is 11.6 Å². The summed E-state index contributed by atoms with van der Waals surface area (Å²) in [5, 5.41) is 12.3. The number of amides is 1. The van der Waals surface area contributed by atoms with Crippen LogP contribution in [0.1, 0.15) is 27.5 Å². The Labute approximate surface area is 200 Å². The molecule has 2 aromatic carbocycles. The van der Waals surface area contributed by atoms with Crippen LogP contribution < -0.4 is 10.9 Å². The van der Waals surface area contributed by atoms with Crippen LogP contribution in [0.3, 0.4) is 0 Å². The predicted octanol–water partition coefficient (Wildman–Crippen LogP) is 4.75. The molecule has 1 amide bonds. The third kappa shape index (κ3) is 5.22. The van der Waals surface area contributed by atoms with Crippen LogP contribution in [0.5, 0.6) is 0 Å². The lowest BCUT2D eigenvalue weighted by Crippen LogP contribution is -2.24. The first-order valence-corrected chi connectivity index (χ1v) is 10.8. The molecule has 8 heteroatoms. The number of H-pyrrole nitrogens is 1. The van der Waals surface area contributed by atoms with E-state index in [0.717, 1.165) is 5.56 Å². The van der Waals surface area contributed by atoms with E-state index in [1.807, 2.05) is 30.3 Å². The number of aromatic carboxylic acids is 1. The Bertz CT molecular complexity index is 1390. The molecular formula is C26H20ClN3O4. The molecule has 3 N–H and O–H groups in total. The van der Waals surface area contributed by atoms with Gasteiger partial charge in [-0.3, -0.25) is 14.6 Å². The zero-order chi connectivity index (χ0) is 24.1. The molecule has 2 aromatic heterocycles. The molecule has 4 aromatic rings. The van der Waals surface area contributed by atoms with Gasteiger partial charge in [-0.1, -0.05) is 41.9 Å². The SMILES string of the molecule is O=C(O)c1ccc(NC(=O)C(Cc2ccccc2)c2nccc(Cl)c2-c2cc[nH]c(=O)c2)cc1. The number of hydrogen-bond donors (Lipinski definition) is 3. The van der Waals surface area contributed by atoms with E-state index in [9.17, 15) is 14.4 Å². The van der Waals surface area contributed by atoms with Crippen molar-refractivity contribution in [2.24, 2.45) is 0 Å². The molecule has 7 nitrogen and oxygen atoms in total. The van der Waals surface area contributed by atoms with Crippen molar-refractivity contribution in [1.29, 1.82) is 0 Å². The Morgan fingerprint density at radius 1 is 1.03 bits per heavy atom. The first-order valence-electron chi connectivity index (χ1n) is 10.4. The Morgan fingerprint density at radius 2 is 1.76 bits per heavy atom. The molecule has 0 bridgehead atoms. The number of hydrogen-bond acceptors (Lipinski definition) is 4. The number of pyridine rings is 2.